The van der Waals surface area contributed by atoms with Crippen LogP contribution in [0.25, 0.3) is 0 Å². The second kappa shape index (κ2) is 11.9. The Morgan fingerprint density at radius 3 is 2.27 bits per heavy atom. The summed E-state index contributed by atoms with van der Waals surface area (Å²) in [6, 6.07) is 11.0. The third-order valence-electron chi connectivity index (χ3n) is 5.30. The van der Waals surface area contributed by atoms with Crippen LogP contribution in [0.15, 0.2) is 54.9 Å². The van der Waals surface area contributed by atoms with Crippen molar-refractivity contribution in [3.63, 3.8) is 0 Å². The molecule has 0 amide bonds. The number of ether oxygens (including phenoxy) is 1. The van der Waals surface area contributed by atoms with Crippen LogP contribution in [-0.4, -0.2) is 6.10 Å². The van der Waals surface area contributed by atoms with Crippen molar-refractivity contribution in [2.45, 2.75) is 65.5 Å². The number of rotatable bonds is 12. The van der Waals surface area contributed by atoms with Crippen LogP contribution in [0.2, 0.25) is 5.02 Å². The minimum atomic E-state index is -0.508. The Kier molecular flexibility index (Phi) is 9.64. The molecule has 164 valence electrons. The lowest BCUT2D eigenvalue weighted by atomic mass is 9.91. The molecule has 5 heteroatoms. The van der Waals surface area contributed by atoms with Gasteiger partial charge in [0.15, 0.2) is 5.88 Å². The Hall–Kier alpha value is -2.07. The van der Waals surface area contributed by atoms with Gasteiger partial charge in [-0.2, -0.15) is 0 Å². The molecular weight excluding hydrogens is 404 g/mol. The zero-order valence-corrected chi connectivity index (χ0v) is 18.9. The predicted octanol–water partition coefficient (Wildman–Crippen LogP) is 8.11. The van der Waals surface area contributed by atoms with Crippen molar-refractivity contribution in [1.82, 2.24) is 0 Å². The van der Waals surface area contributed by atoms with Crippen molar-refractivity contribution < 1.29 is 13.5 Å². The third-order valence-corrected chi connectivity index (χ3v) is 5.61. The van der Waals surface area contributed by atoms with Crippen molar-refractivity contribution >= 4 is 17.3 Å². The van der Waals surface area contributed by atoms with Crippen LogP contribution in [-0.2, 0) is 11.3 Å². The topological polar surface area (TPSA) is 12.5 Å². The van der Waals surface area contributed by atoms with Crippen LogP contribution in [0.4, 0.5) is 14.5 Å². The van der Waals surface area contributed by atoms with Crippen LogP contribution in [0.3, 0.4) is 0 Å². The van der Waals surface area contributed by atoms with Crippen molar-refractivity contribution in [1.29, 1.82) is 0 Å². The summed E-state index contributed by atoms with van der Waals surface area (Å²) >= 11 is 5.81. The molecule has 0 N–H and O–H groups in total. The second-order valence-corrected chi connectivity index (χ2v) is 7.99. The van der Waals surface area contributed by atoms with Gasteiger partial charge in [-0.05, 0) is 61.6 Å². The summed E-state index contributed by atoms with van der Waals surface area (Å²) < 4.78 is 34.9. The first-order valence-electron chi connectivity index (χ1n) is 10.7. The van der Waals surface area contributed by atoms with E-state index in [2.05, 4.69) is 27.4 Å². The van der Waals surface area contributed by atoms with E-state index in [1.807, 2.05) is 0 Å². The smallest absolute Gasteiger partial charge is 0.187 e. The standard InChI is InChI=1S/C25H32ClF2NO/c1-5-10-20(11-6-2)25(7-3)30-18(4)29(24-13-9-8-12-22(24)27)17-19-14-15-21(26)23(28)16-19/h8-9,12-16,20,25H,4-7,10-11,17H2,1-3H3/t25-/m0/s1. The van der Waals surface area contributed by atoms with Crippen LogP contribution in [0.5, 0.6) is 0 Å². The first-order valence-corrected chi connectivity index (χ1v) is 11.1. The van der Waals surface area contributed by atoms with Crippen LogP contribution >= 0.6 is 11.6 Å². The molecule has 0 fully saturated rings. The van der Waals surface area contributed by atoms with Gasteiger partial charge in [-0.25, -0.2) is 8.78 Å². The minimum Gasteiger partial charge on any atom is -0.476 e. The van der Waals surface area contributed by atoms with Gasteiger partial charge in [-0.1, -0.05) is 63.4 Å². The monoisotopic (exact) mass is 435 g/mol. The van der Waals surface area contributed by atoms with E-state index >= 15 is 0 Å². The summed E-state index contributed by atoms with van der Waals surface area (Å²) in [6.07, 6.45) is 5.14. The molecule has 2 aromatic rings. The molecule has 1 atom stereocenters. The van der Waals surface area contributed by atoms with Gasteiger partial charge in [0, 0.05) is 0 Å². The Morgan fingerprint density at radius 2 is 1.70 bits per heavy atom. The van der Waals surface area contributed by atoms with Crippen molar-refractivity contribution in [3.05, 3.63) is 77.1 Å². The van der Waals surface area contributed by atoms with Gasteiger partial charge in [0.2, 0.25) is 0 Å². The fourth-order valence-electron chi connectivity index (χ4n) is 3.81. The van der Waals surface area contributed by atoms with E-state index in [1.54, 1.807) is 29.2 Å². The maximum atomic E-state index is 14.6. The highest BCUT2D eigenvalue weighted by Crippen LogP contribution is 2.30. The highest BCUT2D eigenvalue weighted by molar-refractivity contribution is 6.30. The first-order chi connectivity index (χ1) is 14.4. The molecule has 0 bridgehead atoms. The molecule has 0 spiro atoms. The van der Waals surface area contributed by atoms with E-state index < -0.39 is 5.82 Å². The lowest BCUT2D eigenvalue weighted by Crippen LogP contribution is -2.30. The van der Waals surface area contributed by atoms with Gasteiger partial charge in [0.25, 0.3) is 0 Å². The number of para-hydroxylation sites is 1. The maximum absolute atomic E-state index is 14.6. The van der Waals surface area contributed by atoms with Gasteiger partial charge in [-0.15, -0.1) is 0 Å². The lowest BCUT2D eigenvalue weighted by molar-refractivity contribution is 0.0488. The fourth-order valence-corrected chi connectivity index (χ4v) is 3.93. The van der Waals surface area contributed by atoms with E-state index in [1.165, 1.54) is 18.2 Å². The SMILES string of the molecule is C=C(O[C@@H](CC)C(CCC)CCC)N(Cc1ccc(Cl)c(F)c1)c1ccccc1F. The van der Waals surface area contributed by atoms with E-state index in [0.29, 0.717) is 23.1 Å². The molecule has 0 aliphatic rings. The van der Waals surface area contributed by atoms with Gasteiger partial charge in [0.05, 0.1) is 17.3 Å². The summed E-state index contributed by atoms with van der Waals surface area (Å²) in [4.78, 5) is 1.66. The number of hydrogen-bond donors (Lipinski definition) is 0. The fraction of sp³-hybridized carbons (Fsp3) is 0.440. The van der Waals surface area contributed by atoms with Crippen LogP contribution in [0, 0.1) is 17.6 Å². The summed E-state index contributed by atoms with van der Waals surface area (Å²) in [5.74, 6) is -0.119. The molecule has 0 heterocycles. The molecule has 2 rings (SSSR count). The highest BCUT2D eigenvalue weighted by Gasteiger charge is 2.24. The van der Waals surface area contributed by atoms with Crippen molar-refractivity contribution in [2.24, 2.45) is 5.92 Å². The zero-order valence-electron chi connectivity index (χ0n) is 18.1. The van der Waals surface area contributed by atoms with Gasteiger partial charge >= 0.3 is 0 Å². The molecule has 0 aromatic heterocycles. The molecule has 0 saturated carbocycles. The average molecular weight is 436 g/mol. The number of nitrogens with zero attached hydrogens (tertiary/aromatic N) is 1. The van der Waals surface area contributed by atoms with Gasteiger partial charge in [0.1, 0.15) is 17.7 Å². The molecule has 0 unspecified atom stereocenters. The van der Waals surface area contributed by atoms with Gasteiger partial charge < -0.3 is 9.64 Å². The van der Waals surface area contributed by atoms with Gasteiger partial charge in [-0.3, -0.25) is 0 Å². The van der Waals surface area contributed by atoms with E-state index in [0.717, 1.165) is 32.1 Å². The Morgan fingerprint density at radius 1 is 1.03 bits per heavy atom. The molecule has 0 aliphatic heterocycles. The largest absolute Gasteiger partial charge is 0.476 e. The number of anilines is 1. The van der Waals surface area contributed by atoms with E-state index in [9.17, 15) is 8.78 Å². The van der Waals surface area contributed by atoms with Crippen molar-refractivity contribution in [2.75, 3.05) is 4.90 Å². The molecule has 2 nitrogen and oxygen atoms in total. The second-order valence-electron chi connectivity index (χ2n) is 7.58. The Labute approximate surface area is 184 Å². The third kappa shape index (κ3) is 6.46. The molecule has 0 aliphatic carbocycles. The molecule has 0 saturated heterocycles. The van der Waals surface area contributed by atoms with Crippen LogP contribution < -0.4 is 4.90 Å². The summed E-state index contributed by atoms with van der Waals surface area (Å²) in [7, 11) is 0. The molecule has 0 radical (unpaired) electrons. The number of halogens is 3. The molecule has 30 heavy (non-hydrogen) atoms. The summed E-state index contributed by atoms with van der Waals surface area (Å²) in [5.41, 5.74) is 0.992. The lowest BCUT2D eigenvalue weighted by Gasteiger charge is -2.33. The average Bonchev–Trinajstić information content (AvgIpc) is 2.73. The predicted molar refractivity (Wildman–Crippen MR) is 122 cm³/mol. The van der Waals surface area contributed by atoms with Crippen molar-refractivity contribution in [3.8, 4) is 0 Å². The maximum Gasteiger partial charge on any atom is 0.187 e. The Balaban J connectivity index is 2.31. The van der Waals surface area contributed by atoms with Crippen LogP contribution in [0.1, 0.15) is 58.4 Å². The minimum absolute atomic E-state index is 0.00590. The molecule has 2 aromatic carbocycles. The normalized spacial score (nSPS) is 12.1. The zero-order chi connectivity index (χ0) is 22.1. The van der Waals surface area contributed by atoms with E-state index in [4.69, 9.17) is 16.3 Å². The molecular formula is C25H32ClF2NO. The summed E-state index contributed by atoms with van der Waals surface area (Å²) in [5, 5.41) is 0.0549. The Bertz CT molecular complexity index is 821. The number of hydrogen-bond acceptors (Lipinski definition) is 2. The van der Waals surface area contributed by atoms with E-state index in [-0.39, 0.29) is 23.5 Å². The highest BCUT2D eigenvalue weighted by atomic mass is 35.5. The quantitative estimate of drug-likeness (QED) is 0.312. The summed E-state index contributed by atoms with van der Waals surface area (Å²) in [6.45, 7) is 10.8. The first kappa shape index (κ1) is 24.2. The number of benzene rings is 2.